The number of rotatable bonds is 2. The zero-order valence-electron chi connectivity index (χ0n) is 8.42. The predicted octanol–water partition coefficient (Wildman–Crippen LogP) is 1.13. The van der Waals surface area contributed by atoms with Gasteiger partial charge in [-0.1, -0.05) is 0 Å². The third-order valence-corrected chi connectivity index (χ3v) is 5.50. The van der Waals surface area contributed by atoms with Gasteiger partial charge in [-0.05, 0) is 12.8 Å². The molecule has 5 nitrogen and oxygen atoms in total. The van der Waals surface area contributed by atoms with Crippen LogP contribution in [0.25, 0.3) is 0 Å². The fourth-order valence-electron chi connectivity index (χ4n) is 1.71. The molecule has 0 aliphatic carbocycles. The molecule has 16 heavy (non-hydrogen) atoms. The third kappa shape index (κ3) is 2.41. The Bertz CT molecular complexity index is 491. The van der Waals surface area contributed by atoms with Gasteiger partial charge >= 0.3 is 5.97 Å². The average Bonchev–Trinajstić information content (AvgIpc) is 2.66. The smallest absolute Gasteiger partial charge is 0.347 e. The van der Waals surface area contributed by atoms with Crippen LogP contribution in [0.5, 0.6) is 0 Å². The van der Waals surface area contributed by atoms with Gasteiger partial charge in [0.2, 0.25) is 0 Å². The van der Waals surface area contributed by atoms with Crippen molar-refractivity contribution < 1.29 is 18.3 Å². The van der Waals surface area contributed by atoms with Crippen molar-refractivity contribution in [2.45, 2.75) is 18.8 Å². The SMILES string of the molecule is O=C(O)c1cnc(C2CCS(=O)(=O)CC2)s1. The highest BCUT2D eigenvalue weighted by atomic mass is 32.2. The first-order valence-corrected chi connectivity index (χ1v) is 7.51. The van der Waals surface area contributed by atoms with Gasteiger partial charge in [-0.3, -0.25) is 0 Å². The Balaban J connectivity index is 2.11. The van der Waals surface area contributed by atoms with Crippen LogP contribution in [-0.2, 0) is 9.84 Å². The van der Waals surface area contributed by atoms with Crippen molar-refractivity contribution in [3.63, 3.8) is 0 Å². The van der Waals surface area contributed by atoms with E-state index in [1.807, 2.05) is 0 Å². The molecule has 1 aliphatic heterocycles. The summed E-state index contributed by atoms with van der Waals surface area (Å²) in [4.78, 5) is 14.9. The molecule has 1 saturated heterocycles. The van der Waals surface area contributed by atoms with E-state index in [-0.39, 0.29) is 22.3 Å². The van der Waals surface area contributed by atoms with Crippen LogP contribution < -0.4 is 0 Å². The highest BCUT2D eigenvalue weighted by molar-refractivity contribution is 7.91. The maximum Gasteiger partial charge on any atom is 0.347 e. The molecular weight excluding hydrogens is 250 g/mol. The fraction of sp³-hybridized carbons (Fsp3) is 0.556. The summed E-state index contributed by atoms with van der Waals surface area (Å²) >= 11 is 1.14. The number of nitrogens with zero attached hydrogens (tertiary/aromatic N) is 1. The summed E-state index contributed by atoms with van der Waals surface area (Å²) in [6.45, 7) is 0. The highest BCUT2D eigenvalue weighted by Crippen LogP contribution is 2.31. The normalized spacial score (nSPS) is 20.8. The van der Waals surface area contributed by atoms with E-state index in [0.717, 1.165) is 16.3 Å². The minimum atomic E-state index is -2.87. The average molecular weight is 261 g/mol. The van der Waals surface area contributed by atoms with Crippen LogP contribution >= 0.6 is 11.3 Å². The Morgan fingerprint density at radius 2 is 2.06 bits per heavy atom. The first-order chi connectivity index (χ1) is 7.48. The van der Waals surface area contributed by atoms with Crippen molar-refractivity contribution in [3.8, 4) is 0 Å². The summed E-state index contributed by atoms with van der Waals surface area (Å²) in [6, 6.07) is 0. The number of carbonyl (C=O) groups is 1. The molecule has 7 heteroatoms. The molecule has 0 radical (unpaired) electrons. The molecule has 0 amide bonds. The van der Waals surface area contributed by atoms with Crippen LogP contribution in [0.2, 0.25) is 0 Å². The van der Waals surface area contributed by atoms with Crippen LogP contribution in [0, 0.1) is 0 Å². The number of sulfone groups is 1. The van der Waals surface area contributed by atoms with Gasteiger partial charge in [0.05, 0.1) is 22.7 Å². The lowest BCUT2D eigenvalue weighted by molar-refractivity contribution is 0.0702. The zero-order valence-corrected chi connectivity index (χ0v) is 10.1. The van der Waals surface area contributed by atoms with Crippen molar-refractivity contribution in [2.24, 2.45) is 0 Å². The second-order valence-electron chi connectivity index (χ2n) is 3.79. The van der Waals surface area contributed by atoms with Gasteiger partial charge in [0.15, 0.2) is 0 Å². The van der Waals surface area contributed by atoms with Gasteiger partial charge in [-0.15, -0.1) is 11.3 Å². The minimum absolute atomic E-state index is 0.0987. The molecule has 88 valence electrons. The van der Waals surface area contributed by atoms with Crippen molar-refractivity contribution in [3.05, 3.63) is 16.1 Å². The zero-order chi connectivity index (χ0) is 11.8. The van der Waals surface area contributed by atoms with Gasteiger partial charge in [-0.25, -0.2) is 18.2 Å². The van der Waals surface area contributed by atoms with E-state index in [0.29, 0.717) is 12.8 Å². The van der Waals surface area contributed by atoms with E-state index < -0.39 is 15.8 Å². The van der Waals surface area contributed by atoms with E-state index >= 15 is 0 Å². The summed E-state index contributed by atoms with van der Waals surface area (Å²) in [6.07, 6.45) is 2.44. The third-order valence-electron chi connectivity index (χ3n) is 2.64. The topological polar surface area (TPSA) is 84.3 Å². The van der Waals surface area contributed by atoms with Gasteiger partial charge < -0.3 is 5.11 Å². The molecule has 1 fully saturated rings. The van der Waals surface area contributed by atoms with E-state index in [4.69, 9.17) is 5.11 Å². The minimum Gasteiger partial charge on any atom is -0.477 e. The maximum atomic E-state index is 11.2. The van der Waals surface area contributed by atoms with E-state index in [1.54, 1.807) is 0 Å². The lowest BCUT2D eigenvalue weighted by Crippen LogP contribution is -2.21. The summed E-state index contributed by atoms with van der Waals surface area (Å²) in [5.74, 6) is -0.520. The van der Waals surface area contributed by atoms with Crippen LogP contribution in [0.3, 0.4) is 0 Å². The Morgan fingerprint density at radius 1 is 1.44 bits per heavy atom. The number of aromatic carboxylic acids is 1. The lowest BCUT2D eigenvalue weighted by Gasteiger charge is -2.19. The standard InChI is InChI=1S/C9H11NO4S2/c11-9(12)7-5-10-8(15-7)6-1-3-16(13,14)4-2-6/h5-6H,1-4H2,(H,11,12). The largest absolute Gasteiger partial charge is 0.477 e. The molecule has 0 atom stereocenters. The number of carboxylic acid groups (broad SMARTS) is 1. The number of carboxylic acids is 1. The molecule has 0 saturated carbocycles. The molecule has 1 N–H and O–H groups in total. The second-order valence-corrected chi connectivity index (χ2v) is 7.16. The predicted molar refractivity (Wildman–Crippen MR) is 59.7 cm³/mol. The van der Waals surface area contributed by atoms with Crippen LogP contribution in [0.1, 0.15) is 33.4 Å². The summed E-state index contributed by atoms with van der Waals surface area (Å²) in [5.41, 5.74) is 0. The van der Waals surface area contributed by atoms with Gasteiger partial charge in [0, 0.05) is 5.92 Å². The van der Waals surface area contributed by atoms with E-state index in [1.165, 1.54) is 6.20 Å². The quantitative estimate of drug-likeness (QED) is 0.862. The molecule has 1 aliphatic rings. The van der Waals surface area contributed by atoms with Crippen LogP contribution in [-0.4, -0.2) is 36.0 Å². The van der Waals surface area contributed by atoms with Crippen molar-refractivity contribution in [2.75, 3.05) is 11.5 Å². The molecule has 1 aromatic heterocycles. The first kappa shape index (κ1) is 11.5. The molecule has 1 aromatic rings. The van der Waals surface area contributed by atoms with Crippen molar-refractivity contribution in [1.29, 1.82) is 0 Å². The molecule has 2 rings (SSSR count). The molecule has 0 bridgehead atoms. The van der Waals surface area contributed by atoms with Gasteiger partial charge in [0.1, 0.15) is 14.7 Å². The van der Waals surface area contributed by atoms with Crippen molar-refractivity contribution >= 4 is 27.1 Å². The number of thiazole rings is 1. The molecule has 0 unspecified atom stereocenters. The Hall–Kier alpha value is -0.950. The number of aromatic nitrogens is 1. The highest BCUT2D eigenvalue weighted by Gasteiger charge is 2.27. The van der Waals surface area contributed by atoms with Gasteiger partial charge in [0.25, 0.3) is 0 Å². The van der Waals surface area contributed by atoms with E-state index in [9.17, 15) is 13.2 Å². The molecule has 0 aromatic carbocycles. The summed E-state index contributed by atoms with van der Waals surface area (Å²) in [7, 11) is -2.87. The van der Waals surface area contributed by atoms with E-state index in [2.05, 4.69) is 4.98 Å². The first-order valence-electron chi connectivity index (χ1n) is 4.87. The Kier molecular flexibility index (Phi) is 2.98. The van der Waals surface area contributed by atoms with Gasteiger partial charge in [-0.2, -0.15) is 0 Å². The monoisotopic (exact) mass is 261 g/mol. The molecule has 2 heterocycles. The maximum absolute atomic E-state index is 11.2. The van der Waals surface area contributed by atoms with Crippen LogP contribution in [0.4, 0.5) is 0 Å². The van der Waals surface area contributed by atoms with Crippen molar-refractivity contribution in [1.82, 2.24) is 4.98 Å². The molecular formula is C9H11NO4S2. The lowest BCUT2D eigenvalue weighted by atomic mass is 10.0. The Morgan fingerprint density at radius 3 is 2.56 bits per heavy atom. The fourth-order valence-corrected chi connectivity index (χ4v) is 4.13. The number of hydrogen-bond donors (Lipinski definition) is 1. The second kappa shape index (κ2) is 4.14. The Labute approximate surface area is 97.1 Å². The summed E-state index contributed by atoms with van der Waals surface area (Å²) < 4.78 is 22.5. The summed E-state index contributed by atoms with van der Waals surface area (Å²) in [5, 5.41) is 9.50. The number of hydrogen-bond acceptors (Lipinski definition) is 5. The molecule has 0 spiro atoms. The van der Waals surface area contributed by atoms with Crippen LogP contribution in [0.15, 0.2) is 6.20 Å².